The highest BCUT2D eigenvalue weighted by Crippen LogP contribution is 2.30. The molecular formula is C15H11Cl2NO2. The summed E-state index contributed by atoms with van der Waals surface area (Å²) in [5, 5.41) is 1.00. The fourth-order valence-electron chi connectivity index (χ4n) is 1.72. The van der Waals surface area contributed by atoms with Crippen LogP contribution in [0.2, 0.25) is 10.0 Å². The van der Waals surface area contributed by atoms with Crippen molar-refractivity contribution < 1.29 is 9.53 Å². The van der Waals surface area contributed by atoms with Gasteiger partial charge in [-0.15, -0.1) is 0 Å². The van der Waals surface area contributed by atoms with Crippen LogP contribution >= 0.6 is 23.2 Å². The number of benzene rings is 2. The van der Waals surface area contributed by atoms with Crippen LogP contribution in [0.3, 0.4) is 0 Å². The van der Waals surface area contributed by atoms with E-state index in [1.165, 1.54) is 6.08 Å². The summed E-state index contributed by atoms with van der Waals surface area (Å²) in [4.78, 5) is 14.0. The third-order valence-corrected chi connectivity index (χ3v) is 3.37. The second kappa shape index (κ2) is 6.58. The maximum absolute atomic E-state index is 10.4. The first-order chi connectivity index (χ1) is 9.61. The molecule has 0 unspecified atom stereocenters. The van der Waals surface area contributed by atoms with E-state index < -0.39 is 0 Å². The third-order valence-electron chi connectivity index (χ3n) is 2.72. The third kappa shape index (κ3) is 3.40. The molecule has 0 saturated carbocycles. The number of hydrogen-bond donors (Lipinski definition) is 0. The Kier molecular flexibility index (Phi) is 4.80. The van der Waals surface area contributed by atoms with Crippen molar-refractivity contribution in [1.29, 1.82) is 0 Å². The van der Waals surface area contributed by atoms with Gasteiger partial charge in [0.25, 0.3) is 0 Å². The number of isocyanates is 1. The molecule has 0 aliphatic heterocycles. The molecule has 20 heavy (non-hydrogen) atoms. The topological polar surface area (TPSA) is 38.7 Å². The molecule has 0 bridgehead atoms. The van der Waals surface area contributed by atoms with Gasteiger partial charge < -0.3 is 4.74 Å². The average molecular weight is 308 g/mol. The van der Waals surface area contributed by atoms with Crippen molar-refractivity contribution in [1.82, 2.24) is 0 Å². The standard InChI is InChI=1S/C15H11Cl2NO2/c1-10-5-6-15(13(17)7-10)20-8-11-12(16)3-2-4-14(11)18-9-19/h2-7H,8H2,1H3. The number of aliphatic imine (C=N–C) groups is 1. The van der Waals surface area contributed by atoms with Crippen molar-refractivity contribution in [3.8, 4) is 5.75 Å². The lowest BCUT2D eigenvalue weighted by Crippen LogP contribution is -1.97. The van der Waals surface area contributed by atoms with Crippen LogP contribution in [-0.2, 0) is 11.4 Å². The van der Waals surface area contributed by atoms with E-state index in [9.17, 15) is 4.79 Å². The van der Waals surface area contributed by atoms with Crippen LogP contribution in [0.15, 0.2) is 41.4 Å². The Morgan fingerprint density at radius 2 is 2.00 bits per heavy atom. The molecule has 2 aromatic carbocycles. The van der Waals surface area contributed by atoms with Crippen LogP contribution in [0.1, 0.15) is 11.1 Å². The molecule has 2 aromatic rings. The van der Waals surface area contributed by atoms with Gasteiger partial charge in [0, 0.05) is 10.6 Å². The SMILES string of the molecule is Cc1ccc(OCc2c(Cl)cccc2N=C=O)c(Cl)c1. The van der Waals surface area contributed by atoms with Gasteiger partial charge in [0.15, 0.2) is 0 Å². The molecule has 0 aromatic heterocycles. The number of aryl methyl sites for hydroxylation is 1. The van der Waals surface area contributed by atoms with E-state index in [0.29, 0.717) is 27.0 Å². The van der Waals surface area contributed by atoms with E-state index in [1.807, 2.05) is 19.1 Å². The summed E-state index contributed by atoms with van der Waals surface area (Å²) < 4.78 is 5.64. The first-order valence-corrected chi connectivity index (χ1v) is 6.61. The van der Waals surface area contributed by atoms with E-state index >= 15 is 0 Å². The van der Waals surface area contributed by atoms with Crippen LogP contribution in [0.25, 0.3) is 0 Å². The summed E-state index contributed by atoms with van der Waals surface area (Å²) in [7, 11) is 0. The van der Waals surface area contributed by atoms with Gasteiger partial charge in [-0.2, -0.15) is 4.99 Å². The molecule has 0 radical (unpaired) electrons. The molecule has 0 fully saturated rings. The molecule has 2 rings (SSSR count). The molecule has 0 amide bonds. The molecule has 0 saturated heterocycles. The summed E-state index contributed by atoms with van der Waals surface area (Å²) >= 11 is 12.2. The molecule has 0 N–H and O–H groups in total. The van der Waals surface area contributed by atoms with E-state index in [4.69, 9.17) is 27.9 Å². The first kappa shape index (κ1) is 14.6. The largest absolute Gasteiger partial charge is 0.487 e. The molecule has 0 aliphatic rings. The van der Waals surface area contributed by atoms with Crippen molar-refractivity contribution in [3.63, 3.8) is 0 Å². The summed E-state index contributed by atoms with van der Waals surface area (Å²) in [5.74, 6) is 0.554. The smallest absolute Gasteiger partial charge is 0.240 e. The fraction of sp³-hybridized carbons (Fsp3) is 0.133. The zero-order valence-corrected chi connectivity index (χ0v) is 12.2. The lowest BCUT2D eigenvalue weighted by Gasteiger charge is -2.11. The summed E-state index contributed by atoms with van der Waals surface area (Å²) in [6, 6.07) is 10.6. The van der Waals surface area contributed by atoms with E-state index in [2.05, 4.69) is 4.99 Å². The Morgan fingerprint density at radius 3 is 2.70 bits per heavy atom. The monoisotopic (exact) mass is 307 g/mol. The predicted molar refractivity (Wildman–Crippen MR) is 79.8 cm³/mol. The van der Waals surface area contributed by atoms with Crippen LogP contribution in [0.5, 0.6) is 5.75 Å². The minimum atomic E-state index is 0.170. The Bertz CT molecular complexity index is 680. The van der Waals surface area contributed by atoms with Gasteiger partial charge in [-0.3, -0.25) is 0 Å². The number of nitrogens with zero attached hydrogens (tertiary/aromatic N) is 1. The maximum atomic E-state index is 10.4. The summed E-state index contributed by atoms with van der Waals surface area (Å²) in [6.07, 6.45) is 1.50. The second-order valence-corrected chi connectivity index (χ2v) is 4.98. The van der Waals surface area contributed by atoms with Crippen molar-refractivity contribution in [2.75, 3.05) is 0 Å². The highest BCUT2D eigenvalue weighted by Gasteiger charge is 2.09. The first-order valence-electron chi connectivity index (χ1n) is 5.86. The molecule has 0 aliphatic carbocycles. The quantitative estimate of drug-likeness (QED) is 0.598. The Labute approximate surface area is 126 Å². The van der Waals surface area contributed by atoms with E-state index in [1.54, 1.807) is 24.3 Å². The number of carbonyl (C=O) groups excluding carboxylic acids is 1. The van der Waals surface area contributed by atoms with Crippen molar-refractivity contribution in [3.05, 3.63) is 57.6 Å². The molecular weight excluding hydrogens is 297 g/mol. The van der Waals surface area contributed by atoms with Crippen molar-refractivity contribution in [2.24, 2.45) is 4.99 Å². The van der Waals surface area contributed by atoms with Crippen molar-refractivity contribution >= 4 is 35.0 Å². The second-order valence-electron chi connectivity index (χ2n) is 4.16. The highest BCUT2D eigenvalue weighted by atomic mass is 35.5. The van der Waals surface area contributed by atoms with Gasteiger partial charge in [0.1, 0.15) is 12.4 Å². The Balaban J connectivity index is 2.24. The van der Waals surface area contributed by atoms with Gasteiger partial charge >= 0.3 is 0 Å². The predicted octanol–water partition coefficient (Wildman–Crippen LogP) is 4.85. The number of ether oxygens (including phenoxy) is 1. The highest BCUT2D eigenvalue weighted by molar-refractivity contribution is 6.32. The zero-order valence-electron chi connectivity index (χ0n) is 10.7. The van der Waals surface area contributed by atoms with Crippen LogP contribution in [-0.4, -0.2) is 6.08 Å². The number of halogens is 2. The van der Waals surface area contributed by atoms with Crippen LogP contribution < -0.4 is 4.74 Å². The summed E-state index contributed by atoms with van der Waals surface area (Å²) in [6.45, 7) is 2.11. The fourth-order valence-corrected chi connectivity index (χ4v) is 2.23. The zero-order chi connectivity index (χ0) is 14.5. The normalized spacial score (nSPS) is 9.95. The van der Waals surface area contributed by atoms with Gasteiger partial charge in [-0.05, 0) is 36.8 Å². The molecule has 0 heterocycles. The molecule has 5 heteroatoms. The molecule has 0 spiro atoms. The van der Waals surface area contributed by atoms with Gasteiger partial charge in [-0.25, -0.2) is 4.79 Å². The molecule has 3 nitrogen and oxygen atoms in total. The average Bonchev–Trinajstić information content (AvgIpc) is 2.40. The minimum Gasteiger partial charge on any atom is -0.487 e. The lowest BCUT2D eigenvalue weighted by atomic mass is 10.2. The maximum Gasteiger partial charge on any atom is 0.240 e. The lowest BCUT2D eigenvalue weighted by molar-refractivity contribution is 0.307. The van der Waals surface area contributed by atoms with Crippen molar-refractivity contribution in [2.45, 2.75) is 13.5 Å². The number of rotatable bonds is 4. The van der Waals surface area contributed by atoms with E-state index in [-0.39, 0.29) is 6.61 Å². The van der Waals surface area contributed by atoms with Gasteiger partial charge in [0.2, 0.25) is 6.08 Å². The van der Waals surface area contributed by atoms with E-state index in [0.717, 1.165) is 5.56 Å². The Morgan fingerprint density at radius 1 is 1.20 bits per heavy atom. The van der Waals surface area contributed by atoms with Gasteiger partial charge in [-0.1, -0.05) is 35.3 Å². The summed E-state index contributed by atoms with van der Waals surface area (Å²) in [5.41, 5.74) is 2.11. The molecule has 0 atom stereocenters. The molecule has 102 valence electrons. The number of hydrogen-bond acceptors (Lipinski definition) is 3. The van der Waals surface area contributed by atoms with Crippen LogP contribution in [0, 0.1) is 6.92 Å². The van der Waals surface area contributed by atoms with Gasteiger partial charge in [0.05, 0.1) is 10.7 Å². The Hall–Kier alpha value is -1.80. The minimum absolute atomic E-state index is 0.170. The van der Waals surface area contributed by atoms with Crippen LogP contribution in [0.4, 0.5) is 5.69 Å².